The van der Waals surface area contributed by atoms with Crippen LogP contribution in [0.3, 0.4) is 0 Å². The summed E-state index contributed by atoms with van der Waals surface area (Å²) in [5, 5.41) is 20.9. The van der Waals surface area contributed by atoms with Gasteiger partial charge in [-0.25, -0.2) is 0 Å². The first-order valence-corrected chi connectivity index (χ1v) is 9.87. The molecule has 1 saturated heterocycles. The number of rotatable bonds is 2. The first-order valence-electron chi connectivity index (χ1n) is 9.05. The highest BCUT2D eigenvalue weighted by molar-refractivity contribution is 7.82. The van der Waals surface area contributed by atoms with Crippen LogP contribution < -0.4 is 16.1 Å². The second-order valence-corrected chi connectivity index (χ2v) is 7.52. The summed E-state index contributed by atoms with van der Waals surface area (Å²) < 4.78 is 0. The van der Waals surface area contributed by atoms with Crippen molar-refractivity contribution >= 4 is 40.4 Å². The van der Waals surface area contributed by atoms with E-state index in [4.69, 9.17) is 24.4 Å². The third-order valence-electron chi connectivity index (χ3n) is 4.90. The van der Waals surface area contributed by atoms with Gasteiger partial charge in [0.05, 0.1) is 0 Å². The Bertz CT molecular complexity index is 642. The highest BCUT2D eigenvalue weighted by Gasteiger charge is 2.28. The van der Waals surface area contributed by atoms with Crippen LogP contribution in [-0.2, 0) is 0 Å². The van der Waals surface area contributed by atoms with Crippen LogP contribution in [0.2, 0.25) is 0 Å². The zero-order valence-corrected chi connectivity index (χ0v) is 15.9. The Kier molecular flexibility index (Phi) is 6.21. The average molecular weight is 377 g/mol. The van der Waals surface area contributed by atoms with Gasteiger partial charge in [-0.1, -0.05) is 37.9 Å². The van der Waals surface area contributed by atoms with Gasteiger partial charge in [0.15, 0.2) is 5.11 Å². The lowest BCUT2D eigenvalue weighted by atomic mass is 9.96. The molecule has 25 heavy (non-hydrogen) atoms. The number of thiocarbonyl (C=S) groups is 2. The van der Waals surface area contributed by atoms with Crippen molar-refractivity contribution < 1.29 is 0 Å². The van der Waals surface area contributed by atoms with E-state index in [1.54, 1.807) is 0 Å². The molecule has 0 spiro atoms. The van der Waals surface area contributed by atoms with Gasteiger partial charge in [-0.15, -0.1) is 0 Å². The average Bonchev–Trinajstić information content (AvgIpc) is 2.85. The zero-order valence-electron chi connectivity index (χ0n) is 14.3. The van der Waals surface area contributed by atoms with Crippen LogP contribution in [-0.4, -0.2) is 33.4 Å². The third kappa shape index (κ3) is 4.47. The lowest BCUT2D eigenvalue weighted by Crippen LogP contribution is -2.45. The Morgan fingerprint density at radius 1 is 1.16 bits per heavy atom. The molecule has 0 amide bonds. The van der Waals surface area contributed by atoms with Gasteiger partial charge in [-0.3, -0.25) is 5.43 Å². The number of nitrogens with zero attached hydrogens (tertiary/aromatic N) is 3. The fourth-order valence-corrected chi connectivity index (χ4v) is 4.14. The maximum absolute atomic E-state index is 9.64. The molecule has 134 valence electrons. The molecule has 2 aliphatic heterocycles. The minimum Gasteiger partial charge on any atom is -0.360 e. The molecule has 8 heteroatoms. The van der Waals surface area contributed by atoms with E-state index in [-0.39, 0.29) is 0 Å². The van der Waals surface area contributed by atoms with Gasteiger partial charge in [-0.2, -0.15) is 10.4 Å². The number of hydrogen-bond donors (Lipinski definition) is 3. The first-order chi connectivity index (χ1) is 12.2. The number of nitrogens with one attached hydrogen (secondary N) is 3. The van der Waals surface area contributed by atoms with E-state index < -0.39 is 0 Å². The van der Waals surface area contributed by atoms with Crippen LogP contribution in [0.4, 0.5) is 0 Å². The van der Waals surface area contributed by atoms with E-state index in [0.29, 0.717) is 27.5 Å². The van der Waals surface area contributed by atoms with Crippen LogP contribution in [0.25, 0.3) is 0 Å². The first kappa shape index (κ1) is 18.1. The molecule has 0 radical (unpaired) electrons. The maximum atomic E-state index is 9.64. The Labute approximate surface area is 159 Å². The van der Waals surface area contributed by atoms with Crippen LogP contribution in [0.5, 0.6) is 0 Å². The molecule has 0 aromatic rings. The molecule has 2 fully saturated rings. The second kappa shape index (κ2) is 8.59. The highest BCUT2D eigenvalue weighted by atomic mass is 32.1. The van der Waals surface area contributed by atoms with Gasteiger partial charge < -0.3 is 15.5 Å². The minimum absolute atomic E-state index is 0.346. The third-order valence-corrected chi connectivity index (χ3v) is 5.42. The van der Waals surface area contributed by atoms with E-state index in [1.165, 1.54) is 25.7 Å². The van der Waals surface area contributed by atoms with Gasteiger partial charge >= 0.3 is 0 Å². The fourth-order valence-electron chi connectivity index (χ4n) is 3.56. The van der Waals surface area contributed by atoms with Crippen LogP contribution in [0.15, 0.2) is 16.5 Å². The van der Waals surface area contributed by atoms with Gasteiger partial charge in [-0.05, 0) is 37.9 Å². The van der Waals surface area contributed by atoms with Crippen LogP contribution in [0, 0.1) is 11.3 Å². The van der Waals surface area contributed by atoms with Crippen molar-refractivity contribution in [1.82, 2.24) is 21.0 Å². The molecule has 6 nitrogen and oxygen atoms in total. The number of fused-ring (bicyclic) bond motifs is 1. The largest absolute Gasteiger partial charge is 0.360 e. The Balaban J connectivity index is 1.65. The second-order valence-electron chi connectivity index (χ2n) is 6.70. The molecule has 0 aromatic heterocycles. The number of hydrogen-bond acceptors (Lipinski definition) is 6. The smallest absolute Gasteiger partial charge is 0.171 e. The lowest BCUT2D eigenvalue weighted by molar-refractivity contribution is 0.413. The number of hydrazone groups is 1. The summed E-state index contributed by atoms with van der Waals surface area (Å²) in [6, 6.07) is 2.62. The molecule has 2 heterocycles. The van der Waals surface area contributed by atoms with Crippen molar-refractivity contribution in [2.45, 2.75) is 63.8 Å². The normalized spacial score (nSPS) is 22.7. The highest BCUT2D eigenvalue weighted by Crippen LogP contribution is 2.22. The zero-order chi connectivity index (χ0) is 17.6. The van der Waals surface area contributed by atoms with E-state index >= 15 is 0 Å². The molecule has 3 N–H and O–H groups in total. The van der Waals surface area contributed by atoms with Crippen molar-refractivity contribution in [1.29, 1.82) is 5.26 Å². The number of amidine groups is 1. The van der Waals surface area contributed by atoms with Crippen LogP contribution in [0.1, 0.15) is 57.8 Å². The van der Waals surface area contributed by atoms with Crippen molar-refractivity contribution in [3.05, 3.63) is 11.4 Å². The summed E-state index contributed by atoms with van der Waals surface area (Å²) in [4.78, 5) is 2.43. The summed E-state index contributed by atoms with van der Waals surface area (Å²) in [6.07, 6.45) is 10.4. The summed E-state index contributed by atoms with van der Waals surface area (Å²) in [5.41, 5.74) is 3.38. The molecular weight excluding hydrogens is 352 g/mol. The lowest BCUT2D eigenvalue weighted by Gasteiger charge is -2.25. The molecule has 0 atom stereocenters. The summed E-state index contributed by atoms with van der Waals surface area (Å²) >= 11 is 10.8. The molecule has 0 aromatic carbocycles. The predicted octanol–water partition coefficient (Wildman–Crippen LogP) is 2.64. The Hall–Kier alpha value is -1.72. The van der Waals surface area contributed by atoms with Crippen molar-refractivity contribution in [3.63, 3.8) is 0 Å². The molecule has 1 saturated carbocycles. The molecule has 0 unspecified atom stereocenters. The fraction of sp³-hybridized carbons (Fsp3) is 0.647. The van der Waals surface area contributed by atoms with Gasteiger partial charge in [0.25, 0.3) is 0 Å². The molecule has 1 aliphatic carbocycles. The van der Waals surface area contributed by atoms with E-state index in [1.807, 2.05) is 0 Å². The Morgan fingerprint density at radius 2 is 1.92 bits per heavy atom. The molecule has 3 aliphatic rings. The molecule has 3 rings (SSSR count). The van der Waals surface area contributed by atoms with Crippen LogP contribution >= 0.6 is 24.4 Å². The maximum Gasteiger partial charge on any atom is 0.171 e. The SMILES string of the molecule is N#CC(C(=S)NC(=S)NC1CCCCC1)=C1NN=C2CCCCCN21. The standard InChI is InChI=1S/C17H24N6S2/c18-11-13(15-22-21-14-9-5-2-6-10-23(14)15)16(24)20-17(25)19-12-7-3-1-4-8-12/h12,22H,1-10H2,(H2,19,20,24,25). The minimum atomic E-state index is 0.346. The van der Waals surface area contributed by atoms with Crippen molar-refractivity contribution in [2.24, 2.45) is 5.10 Å². The summed E-state index contributed by atoms with van der Waals surface area (Å²) in [5.74, 6) is 1.67. The van der Waals surface area contributed by atoms with Gasteiger partial charge in [0.2, 0.25) is 0 Å². The summed E-state index contributed by atoms with van der Waals surface area (Å²) in [7, 11) is 0. The van der Waals surface area contributed by atoms with E-state index in [0.717, 1.165) is 44.5 Å². The molecular formula is C17H24N6S2. The van der Waals surface area contributed by atoms with Crippen molar-refractivity contribution in [3.8, 4) is 6.07 Å². The molecule has 0 bridgehead atoms. The van der Waals surface area contributed by atoms with Gasteiger partial charge in [0.1, 0.15) is 28.3 Å². The summed E-state index contributed by atoms with van der Waals surface area (Å²) in [6.45, 7) is 0.861. The quantitative estimate of drug-likeness (QED) is 0.389. The van der Waals surface area contributed by atoms with Crippen molar-refractivity contribution in [2.75, 3.05) is 6.54 Å². The monoisotopic (exact) mass is 376 g/mol. The number of nitriles is 1. The van der Waals surface area contributed by atoms with E-state index in [9.17, 15) is 5.26 Å². The Morgan fingerprint density at radius 3 is 2.68 bits per heavy atom. The van der Waals surface area contributed by atoms with Gasteiger partial charge in [0, 0.05) is 19.0 Å². The topological polar surface area (TPSA) is 75.5 Å². The predicted molar refractivity (Wildman–Crippen MR) is 107 cm³/mol. The van der Waals surface area contributed by atoms with E-state index in [2.05, 4.69) is 32.1 Å².